The molecule has 2 aromatic carbocycles. The Morgan fingerprint density at radius 3 is 2.46 bits per heavy atom. The molecule has 0 atom stereocenters. The van der Waals surface area contributed by atoms with E-state index in [1.165, 1.54) is 6.07 Å². The Balaban J connectivity index is 2.32. The lowest BCUT2D eigenvalue weighted by Gasteiger charge is -2.09. The highest BCUT2D eigenvalue weighted by atomic mass is 35.5. The van der Waals surface area contributed by atoms with Gasteiger partial charge in [-0.05, 0) is 17.7 Å². The Morgan fingerprint density at radius 2 is 1.83 bits per heavy atom. The first-order chi connectivity index (χ1) is 11.5. The smallest absolute Gasteiger partial charge is 0.253 e. The zero-order valence-corrected chi connectivity index (χ0v) is 13.3. The zero-order chi connectivity index (χ0) is 17.3. The van der Waals surface area contributed by atoms with Gasteiger partial charge in [0, 0.05) is 22.5 Å². The van der Waals surface area contributed by atoms with Gasteiger partial charge in [0.25, 0.3) is 5.95 Å². The van der Waals surface area contributed by atoms with E-state index in [-0.39, 0.29) is 22.4 Å². The normalized spacial score (nSPS) is 10.8. The van der Waals surface area contributed by atoms with Gasteiger partial charge in [-0.15, -0.1) is 0 Å². The average Bonchev–Trinajstić information content (AvgIpc) is 2.54. The van der Waals surface area contributed by atoms with Crippen LogP contribution >= 0.6 is 11.6 Å². The molecule has 3 rings (SSSR count). The number of hydrogen-bond donors (Lipinski definition) is 3. The molecule has 122 valence electrons. The molecule has 0 bridgehead atoms. The van der Waals surface area contributed by atoms with Crippen molar-refractivity contribution in [1.82, 2.24) is 9.97 Å². The highest BCUT2D eigenvalue weighted by molar-refractivity contribution is 6.31. The van der Waals surface area contributed by atoms with Crippen LogP contribution in [0.2, 0.25) is 5.02 Å². The van der Waals surface area contributed by atoms with Gasteiger partial charge in [-0.3, -0.25) is 0 Å². The van der Waals surface area contributed by atoms with E-state index in [9.17, 15) is 4.39 Å². The minimum absolute atomic E-state index is 0.0263. The van der Waals surface area contributed by atoms with E-state index in [4.69, 9.17) is 28.8 Å². The molecule has 1 aromatic heterocycles. The average molecular weight is 345 g/mol. The van der Waals surface area contributed by atoms with Crippen molar-refractivity contribution in [3.8, 4) is 11.3 Å². The maximum Gasteiger partial charge on any atom is 0.253 e. The van der Waals surface area contributed by atoms with Gasteiger partial charge in [-0.2, -0.15) is 4.99 Å². The van der Waals surface area contributed by atoms with Crippen molar-refractivity contribution < 1.29 is 4.39 Å². The van der Waals surface area contributed by atoms with Gasteiger partial charge in [0.1, 0.15) is 5.52 Å². The van der Waals surface area contributed by atoms with Crippen molar-refractivity contribution in [3.63, 3.8) is 0 Å². The Labute approximate surface area is 142 Å². The summed E-state index contributed by atoms with van der Waals surface area (Å²) in [7, 11) is 0. The van der Waals surface area contributed by atoms with E-state index in [0.29, 0.717) is 17.6 Å². The number of nitrogens with two attached hydrogens (primary N) is 3. The fraction of sp³-hybridized carbons (Fsp3) is 0.0625. The second kappa shape index (κ2) is 6.38. The molecule has 0 spiro atoms. The van der Waals surface area contributed by atoms with Gasteiger partial charge in [-0.1, -0.05) is 35.9 Å². The summed E-state index contributed by atoms with van der Waals surface area (Å²) in [6.07, 6.45) is 0. The molecule has 0 amide bonds. The summed E-state index contributed by atoms with van der Waals surface area (Å²) in [6, 6.07) is 10.2. The Hall–Kier alpha value is -2.77. The first-order valence-corrected chi connectivity index (χ1v) is 7.41. The third-order valence-electron chi connectivity index (χ3n) is 3.40. The van der Waals surface area contributed by atoms with Crippen LogP contribution in [-0.2, 0) is 6.54 Å². The molecular weight excluding hydrogens is 331 g/mol. The summed E-state index contributed by atoms with van der Waals surface area (Å²) in [5, 5.41) is 0.716. The predicted molar refractivity (Wildman–Crippen MR) is 93.3 cm³/mol. The summed E-state index contributed by atoms with van der Waals surface area (Å²) in [4.78, 5) is 12.2. The molecule has 24 heavy (non-hydrogen) atoms. The van der Waals surface area contributed by atoms with Crippen molar-refractivity contribution in [1.29, 1.82) is 0 Å². The first kappa shape index (κ1) is 16.1. The van der Waals surface area contributed by atoms with Crippen molar-refractivity contribution in [3.05, 3.63) is 52.8 Å². The van der Waals surface area contributed by atoms with Gasteiger partial charge in [0.15, 0.2) is 11.8 Å². The Morgan fingerprint density at radius 1 is 1.12 bits per heavy atom. The third-order valence-corrected chi connectivity index (χ3v) is 3.62. The highest BCUT2D eigenvalue weighted by Gasteiger charge is 2.14. The fourth-order valence-corrected chi connectivity index (χ4v) is 2.53. The van der Waals surface area contributed by atoms with Crippen LogP contribution in [-0.4, -0.2) is 15.9 Å². The van der Waals surface area contributed by atoms with Crippen LogP contribution in [0.3, 0.4) is 0 Å². The maximum absolute atomic E-state index is 14.3. The minimum atomic E-state index is -0.577. The zero-order valence-electron chi connectivity index (χ0n) is 12.5. The number of hydrogen-bond acceptors (Lipinski definition) is 4. The molecule has 0 fully saturated rings. The molecule has 6 N–H and O–H groups in total. The van der Waals surface area contributed by atoms with Crippen molar-refractivity contribution in [2.45, 2.75) is 6.54 Å². The van der Waals surface area contributed by atoms with Crippen molar-refractivity contribution >= 4 is 34.4 Å². The third kappa shape index (κ3) is 3.12. The minimum Gasteiger partial charge on any atom is -0.370 e. The van der Waals surface area contributed by atoms with Crippen LogP contribution in [0.1, 0.15) is 5.56 Å². The Bertz CT molecular complexity index is 935. The number of halogens is 2. The molecule has 3 aromatic rings. The molecule has 0 radical (unpaired) electrons. The standard InChI is InChI=1S/C16H14ClFN6/c17-10-5-11-13(9-3-1-8(7-19)2-4-9)22-16(24-15(20)21)23-14(11)12(18)6-10/h1-6H,7,19H2,(H4,20,21,22,23,24). The van der Waals surface area contributed by atoms with Gasteiger partial charge >= 0.3 is 0 Å². The lowest BCUT2D eigenvalue weighted by molar-refractivity contribution is 0.636. The van der Waals surface area contributed by atoms with Crippen LogP contribution in [0, 0.1) is 5.82 Å². The lowest BCUT2D eigenvalue weighted by Crippen LogP contribution is -2.22. The first-order valence-electron chi connectivity index (χ1n) is 7.03. The van der Waals surface area contributed by atoms with Crippen molar-refractivity contribution in [2.75, 3.05) is 0 Å². The van der Waals surface area contributed by atoms with E-state index >= 15 is 0 Å². The number of guanidine groups is 1. The Kier molecular flexibility index (Phi) is 4.28. The molecule has 0 aliphatic heterocycles. The van der Waals surface area contributed by atoms with E-state index in [1.807, 2.05) is 24.3 Å². The summed E-state index contributed by atoms with van der Waals surface area (Å²) in [5.74, 6) is -0.818. The van der Waals surface area contributed by atoms with Crippen LogP contribution < -0.4 is 17.2 Å². The number of nitrogens with zero attached hydrogens (tertiary/aromatic N) is 3. The van der Waals surface area contributed by atoms with E-state index in [2.05, 4.69) is 15.0 Å². The number of fused-ring (bicyclic) bond motifs is 1. The molecule has 1 heterocycles. The van der Waals surface area contributed by atoms with E-state index in [0.717, 1.165) is 11.1 Å². The van der Waals surface area contributed by atoms with E-state index in [1.54, 1.807) is 6.07 Å². The second-order valence-corrected chi connectivity index (χ2v) is 5.53. The number of rotatable bonds is 3. The molecule has 0 unspecified atom stereocenters. The van der Waals surface area contributed by atoms with Crippen LogP contribution in [0.5, 0.6) is 0 Å². The topological polar surface area (TPSA) is 116 Å². The summed E-state index contributed by atoms with van der Waals surface area (Å²) >= 11 is 5.98. The van der Waals surface area contributed by atoms with Gasteiger partial charge < -0.3 is 17.2 Å². The largest absolute Gasteiger partial charge is 0.370 e. The fourth-order valence-electron chi connectivity index (χ4n) is 2.33. The van der Waals surface area contributed by atoms with Crippen LogP contribution in [0.4, 0.5) is 10.3 Å². The molecule has 0 saturated carbocycles. The highest BCUT2D eigenvalue weighted by Crippen LogP contribution is 2.31. The monoisotopic (exact) mass is 344 g/mol. The van der Waals surface area contributed by atoms with Gasteiger partial charge in [-0.25, -0.2) is 14.4 Å². The number of benzene rings is 2. The summed E-state index contributed by atoms with van der Waals surface area (Å²) in [5.41, 5.74) is 18.6. The SMILES string of the molecule is NCc1ccc(-c2nc(N=C(N)N)nc3c(F)cc(Cl)cc23)cc1. The van der Waals surface area contributed by atoms with Crippen molar-refractivity contribution in [2.24, 2.45) is 22.2 Å². The predicted octanol–water partition coefficient (Wildman–Crippen LogP) is 2.45. The van der Waals surface area contributed by atoms with Crippen LogP contribution in [0.25, 0.3) is 22.2 Å². The van der Waals surface area contributed by atoms with Crippen LogP contribution in [0.15, 0.2) is 41.4 Å². The number of aliphatic imine (C=N–C) groups is 1. The number of aromatic nitrogens is 2. The van der Waals surface area contributed by atoms with Gasteiger partial charge in [0.05, 0.1) is 5.69 Å². The molecule has 0 aliphatic carbocycles. The molecular formula is C16H14ClFN6. The molecule has 0 saturated heterocycles. The molecule has 0 aliphatic rings. The maximum atomic E-state index is 14.3. The summed E-state index contributed by atoms with van der Waals surface area (Å²) < 4.78 is 14.3. The lowest BCUT2D eigenvalue weighted by atomic mass is 10.0. The second-order valence-electron chi connectivity index (χ2n) is 5.09. The van der Waals surface area contributed by atoms with Gasteiger partial charge in [0.2, 0.25) is 0 Å². The molecule has 6 nitrogen and oxygen atoms in total. The molecule has 8 heteroatoms. The van der Waals surface area contributed by atoms with E-state index < -0.39 is 5.82 Å². The summed E-state index contributed by atoms with van der Waals surface area (Å²) in [6.45, 7) is 0.421. The quantitative estimate of drug-likeness (QED) is 0.498.